The van der Waals surface area contributed by atoms with E-state index in [1.807, 2.05) is 30.3 Å². The van der Waals surface area contributed by atoms with E-state index in [0.29, 0.717) is 13.0 Å². The summed E-state index contributed by atoms with van der Waals surface area (Å²) in [5, 5.41) is 10.9. The fourth-order valence-corrected chi connectivity index (χ4v) is 4.28. The zero-order chi connectivity index (χ0) is 15.6. The third-order valence-corrected chi connectivity index (χ3v) is 5.43. The van der Waals surface area contributed by atoms with Crippen LogP contribution in [0.4, 0.5) is 0 Å². The number of hydrogen-bond donors (Lipinski definition) is 1. The van der Waals surface area contributed by atoms with Crippen LogP contribution in [0.5, 0.6) is 0 Å². The Morgan fingerprint density at radius 3 is 2.77 bits per heavy atom. The van der Waals surface area contributed by atoms with Crippen LogP contribution in [0.1, 0.15) is 16.9 Å². The van der Waals surface area contributed by atoms with E-state index in [1.165, 1.54) is 11.0 Å². The maximum absolute atomic E-state index is 12.0. The normalized spacial score (nSPS) is 19.9. The molecule has 3 rings (SSSR count). The number of nitrogens with zero attached hydrogens (tertiary/aromatic N) is 3. The first-order valence-corrected chi connectivity index (χ1v) is 8.82. The number of rotatable bonds is 4. The number of amides is 1. The molecule has 0 saturated carbocycles. The maximum atomic E-state index is 12.0. The van der Waals surface area contributed by atoms with Crippen molar-refractivity contribution in [3.05, 3.63) is 42.2 Å². The lowest BCUT2D eigenvalue weighted by Crippen LogP contribution is -2.30. The predicted molar refractivity (Wildman–Crippen MR) is 80.5 cm³/mol. The Kier molecular flexibility index (Phi) is 3.93. The molecule has 7 nitrogen and oxygen atoms in total. The number of sulfone groups is 1. The van der Waals surface area contributed by atoms with Crippen molar-refractivity contribution in [2.75, 3.05) is 18.1 Å². The number of hydrogen-bond acceptors (Lipinski definition) is 5. The summed E-state index contributed by atoms with van der Waals surface area (Å²) in [6.07, 6.45) is 1.99. The number of benzene rings is 1. The topological polar surface area (TPSA) is 94.0 Å². The van der Waals surface area contributed by atoms with Gasteiger partial charge in [0, 0.05) is 6.54 Å². The Hall–Kier alpha value is -2.22. The third-order valence-electron chi connectivity index (χ3n) is 3.59. The van der Waals surface area contributed by atoms with Gasteiger partial charge in [-0.25, -0.2) is 8.42 Å². The van der Waals surface area contributed by atoms with Crippen LogP contribution in [0.15, 0.2) is 36.5 Å². The van der Waals surface area contributed by atoms with Crippen LogP contribution in [0.25, 0.3) is 5.69 Å². The molecule has 0 aliphatic carbocycles. The molecule has 1 amide bonds. The van der Waals surface area contributed by atoms with Crippen molar-refractivity contribution in [2.24, 2.45) is 5.92 Å². The van der Waals surface area contributed by atoms with E-state index in [2.05, 4.69) is 15.5 Å². The van der Waals surface area contributed by atoms with Crippen LogP contribution >= 0.6 is 0 Å². The van der Waals surface area contributed by atoms with Gasteiger partial charge >= 0.3 is 0 Å². The van der Waals surface area contributed by atoms with Crippen LogP contribution in [0, 0.1) is 5.92 Å². The molecule has 22 heavy (non-hydrogen) atoms. The molecule has 1 aliphatic rings. The van der Waals surface area contributed by atoms with Crippen LogP contribution in [0.3, 0.4) is 0 Å². The van der Waals surface area contributed by atoms with Gasteiger partial charge in [0.1, 0.15) is 0 Å². The Bertz CT molecular complexity index is 770. The molecule has 1 fully saturated rings. The molecule has 0 spiro atoms. The molecule has 0 radical (unpaired) electrons. The zero-order valence-corrected chi connectivity index (χ0v) is 12.7. The molecular formula is C14H16N4O3S. The quantitative estimate of drug-likeness (QED) is 0.882. The minimum atomic E-state index is -2.92. The highest BCUT2D eigenvalue weighted by Gasteiger charge is 2.28. The second kappa shape index (κ2) is 5.88. The minimum Gasteiger partial charge on any atom is -0.350 e. The van der Waals surface area contributed by atoms with Crippen LogP contribution in [0.2, 0.25) is 0 Å². The van der Waals surface area contributed by atoms with Gasteiger partial charge in [-0.3, -0.25) is 4.79 Å². The van der Waals surface area contributed by atoms with Crippen LogP contribution in [-0.4, -0.2) is 47.4 Å². The van der Waals surface area contributed by atoms with Crippen molar-refractivity contribution in [3.8, 4) is 5.69 Å². The Morgan fingerprint density at radius 2 is 2.09 bits per heavy atom. The summed E-state index contributed by atoms with van der Waals surface area (Å²) in [6.45, 7) is 0.344. The SMILES string of the molecule is O=C(NC[C@H]1CCS(=O)(=O)C1)c1cnn(-c2ccccc2)n1. The third kappa shape index (κ3) is 3.33. The van der Waals surface area contributed by atoms with Gasteiger partial charge in [-0.1, -0.05) is 18.2 Å². The van der Waals surface area contributed by atoms with Gasteiger partial charge in [-0.05, 0) is 24.5 Å². The lowest BCUT2D eigenvalue weighted by atomic mass is 10.1. The molecule has 2 heterocycles. The molecule has 1 aliphatic heterocycles. The molecule has 1 saturated heterocycles. The standard InChI is InChI=1S/C14H16N4O3S/c19-14(15-8-11-6-7-22(20,21)10-11)13-9-16-18(17-13)12-4-2-1-3-5-12/h1-5,9,11H,6-8,10H2,(H,15,19)/t11-/m1/s1. The average molecular weight is 320 g/mol. The first-order valence-electron chi connectivity index (χ1n) is 7.00. The summed E-state index contributed by atoms with van der Waals surface area (Å²) in [5.41, 5.74) is 0.980. The number of nitrogens with one attached hydrogen (secondary N) is 1. The van der Waals surface area contributed by atoms with Gasteiger partial charge in [0.05, 0.1) is 23.4 Å². The summed E-state index contributed by atoms with van der Waals surface area (Å²) in [6, 6.07) is 9.28. The van der Waals surface area contributed by atoms with Gasteiger partial charge in [0.2, 0.25) is 0 Å². The smallest absolute Gasteiger partial charge is 0.273 e. The molecule has 1 atom stereocenters. The zero-order valence-electron chi connectivity index (χ0n) is 11.8. The molecule has 0 unspecified atom stereocenters. The van der Waals surface area contributed by atoms with E-state index >= 15 is 0 Å². The summed E-state index contributed by atoms with van der Waals surface area (Å²) >= 11 is 0. The van der Waals surface area contributed by atoms with Crippen molar-refractivity contribution in [2.45, 2.75) is 6.42 Å². The lowest BCUT2D eigenvalue weighted by molar-refractivity contribution is 0.0943. The fourth-order valence-electron chi connectivity index (χ4n) is 2.41. The summed E-state index contributed by atoms with van der Waals surface area (Å²) in [7, 11) is -2.92. The molecule has 1 aromatic carbocycles. The van der Waals surface area contributed by atoms with E-state index < -0.39 is 9.84 Å². The van der Waals surface area contributed by atoms with E-state index in [0.717, 1.165) is 5.69 Å². The van der Waals surface area contributed by atoms with Gasteiger partial charge in [-0.15, -0.1) is 5.10 Å². The summed E-state index contributed by atoms with van der Waals surface area (Å²) in [5.74, 6) is -0.00793. The minimum absolute atomic E-state index is 0.0156. The highest BCUT2D eigenvalue weighted by atomic mass is 32.2. The molecule has 0 bridgehead atoms. The first-order chi connectivity index (χ1) is 10.5. The second-order valence-electron chi connectivity index (χ2n) is 5.33. The first kappa shape index (κ1) is 14.7. The number of carbonyl (C=O) groups is 1. The number of aromatic nitrogens is 3. The van der Waals surface area contributed by atoms with Crippen molar-refractivity contribution < 1.29 is 13.2 Å². The predicted octanol–water partition coefficient (Wildman–Crippen LogP) is 0.432. The Balaban J connectivity index is 1.60. The highest BCUT2D eigenvalue weighted by Crippen LogP contribution is 2.17. The van der Waals surface area contributed by atoms with Crippen LogP contribution < -0.4 is 5.32 Å². The molecule has 2 aromatic rings. The average Bonchev–Trinajstić information content (AvgIpc) is 3.12. The van der Waals surface area contributed by atoms with E-state index in [1.54, 1.807) is 0 Å². The molecule has 116 valence electrons. The monoisotopic (exact) mass is 320 g/mol. The molecule has 8 heteroatoms. The Morgan fingerprint density at radius 1 is 1.32 bits per heavy atom. The van der Waals surface area contributed by atoms with Gasteiger partial charge < -0.3 is 5.32 Å². The van der Waals surface area contributed by atoms with Crippen LogP contribution in [-0.2, 0) is 9.84 Å². The van der Waals surface area contributed by atoms with E-state index in [4.69, 9.17) is 0 Å². The largest absolute Gasteiger partial charge is 0.350 e. The summed E-state index contributed by atoms with van der Waals surface area (Å²) in [4.78, 5) is 13.4. The van der Waals surface area contributed by atoms with Gasteiger partial charge in [0.25, 0.3) is 5.91 Å². The summed E-state index contributed by atoms with van der Waals surface area (Å²) < 4.78 is 22.8. The Labute approximate surface area is 128 Å². The van der Waals surface area contributed by atoms with E-state index in [-0.39, 0.29) is 29.0 Å². The lowest BCUT2D eigenvalue weighted by Gasteiger charge is -2.07. The number of carbonyl (C=O) groups excluding carboxylic acids is 1. The van der Waals surface area contributed by atoms with Crippen molar-refractivity contribution in [3.63, 3.8) is 0 Å². The van der Waals surface area contributed by atoms with Crippen molar-refractivity contribution in [1.82, 2.24) is 20.3 Å². The van der Waals surface area contributed by atoms with Crippen molar-refractivity contribution >= 4 is 15.7 Å². The highest BCUT2D eigenvalue weighted by molar-refractivity contribution is 7.91. The van der Waals surface area contributed by atoms with E-state index in [9.17, 15) is 13.2 Å². The molecule has 1 aromatic heterocycles. The van der Waals surface area contributed by atoms with Crippen molar-refractivity contribution in [1.29, 1.82) is 0 Å². The molecule has 1 N–H and O–H groups in total. The fraction of sp³-hybridized carbons (Fsp3) is 0.357. The second-order valence-corrected chi connectivity index (χ2v) is 7.56. The number of para-hydroxylation sites is 1. The maximum Gasteiger partial charge on any atom is 0.273 e. The molecular weight excluding hydrogens is 304 g/mol. The van der Waals surface area contributed by atoms with Gasteiger partial charge in [-0.2, -0.15) is 9.90 Å². The van der Waals surface area contributed by atoms with Gasteiger partial charge in [0.15, 0.2) is 15.5 Å².